The molecule has 174 valence electrons. The van der Waals surface area contributed by atoms with Gasteiger partial charge in [-0.3, -0.25) is 0 Å². The summed E-state index contributed by atoms with van der Waals surface area (Å²) in [6, 6.07) is 24.2. The highest BCUT2D eigenvalue weighted by Gasteiger charge is 2.16. The lowest BCUT2D eigenvalue weighted by molar-refractivity contribution is 0.414. The Morgan fingerprint density at radius 3 is 2.18 bits per heavy atom. The first-order valence-electron chi connectivity index (χ1n) is 11.8. The van der Waals surface area contributed by atoms with Crippen molar-refractivity contribution in [3.05, 3.63) is 78.2 Å². The van der Waals surface area contributed by atoms with Gasteiger partial charge in [0.1, 0.15) is 22.8 Å². The molecule has 5 nitrogen and oxygen atoms in total. The number of hydrogen-bond donors (Lipinski definition) is 0. The largest absolute Gasteiger partial charge is 0.497 e. The highest BCUT2D eigenvalue weighted by Crippen LogP contribution is 2.28. The van der Waals surface area contributed by atoms with Crippen LogP contribution in [-0.2, 0) is 0 Å². The summed E-state index contributed by atoms with van der Waals surface area (Å²) < 4.78 is 17.0. The fraction of sp³-hybridized carbons (Fsp3) is 0.276. The molecule has 0 atom stereocenters. The lowest BCUT2D eigenvalue weighted by Gasteiger charge is -2.32. The van der Waals surface area contributed by atoms with Crippen LogP contribution in [0.1, 0.15) is 19.8 Å². The fourth-order valence-corrected chi connectivity index (χ4v) is 4.41. The monoisotopic (exact) mass is 454 g/mol. The maximum Gasteiger partial charge on any atom is 0.137 e. The van der Waals surface area contributed by atoms with Crippen molar-refractivity contribution in [2.75, 3.05) is 32.2 Å². The molecule has 0 spiro atoms. The number of rotatable bonds is 5. The van der Waals surface area contributed by atoms with Gasteiger partial charge in [-0.1, -0.05) is 6.92 Å². The van der Waals surface area contributed by atoms with Gasteiger partial charge in [0.25, 0.3) is 0 Å². The second-order valence-corrected chi connectivity index (χ2v) is 8.88. The van der Waals surface area contributed by atoms with Crippen molar-refractivity contribution in [2.24, 2.45) is 10.9 Å². The smallest absolute Gasteiger partial charge is 0.137 e. The third kappa shape index (κ3) is 4.65. The van der Waals surface area contributed by atoms with E-state index in [0.717, 1.165) is 63.8 Å². The van der Waals surface area contributed by atoms with Gasteiger partial charge in [0.2, 0.25) is 0 Å². The van der Waals surface area contributed by atoms with Crippen LogP contribution in [0.15, 0.2) is 82.2 Å². The summed E-state index contributed by atoms with van der Waals surface area (Å²) >= 11 is 0. The normalized spacial score (nSPS) is 15.0. The number of fused-ring (bicyclic) bond motifs is 1. The van der Waals surface area contributed by atoms with Crippen LogP contribution in [0, 0.1) is 5.92 Å². The van der Waals surface area contributed by atoms with Gasteiger partial charge in [0.05, 0.1) is 25.3 Å². The molecule has 34 heavy (non-hydrogen) atoms. The van der Waals surface area contributed by atoms with Gasteiger partial charge in [-0.2, -0.15) is 0 Å². The Kier molecular flexibility index (Phi) is 6.26. The molecule has 4 aromatic rings. The zero-order chi connectivity index (χ0) is 23.5. The molecule has 0 unspecified atom stereocenters. The van der Waals surface area contributed by atoms with Crippen molar-refractivity contribution in [1.29, 1.82) is 0 Å². The fourth-order valence-electron chi connectivity index (χ4n) is 4.41. The molecule has 0 radical (unpaired) electrons. The van der Waals surface area contributed by atoms with E-state index in [1.165, 1.54) is 18.5 Å². The van der Waals surface area contributed by atoms with Crippen LogP contribution in [0.5, 0.6) is 11.5 Å². The van der Waals surface area contributed by atoms with Gasteiger partial charge in [0, 0.05) is 35.8 Å². The van der Waals surface area contributed by atoms with E-state index < -0.39 is 0 Å². The van der Waals surface area contributed by atoms with Crippen molar-refractivity contribution in [2.45, 2.75) is 19.8 Å². The molecule has 1 aliphatic rings. The molecule has 1 aliphatic heterocycles. The van der Waals surface area contributed by atoms with Gasteiger partial charge in [-0.25, -0.2) is 4.99 Å². The average Bonchev–Trinajstić information content (AvgIpc) is 2.89. The van der Waals surface area contributed by atoms with Crippen molar-refractivity contribution in [3.8, 4) is 22.8 Å². The molecule has 2 heterocycles. The van der Waals surface area contributed by atoms with Crippen LogP contribution in [0.3, 0.4) is 0 Å². The predicted octanol–water partition coefficient (Wildman–Crippen LogP) is 6.59. The van der Waals surface area contributed by atoms with E-state index >= 15 is 0 Å². The molecule has 0 saturated carbocycles. The summed E-state index contributed by atoms with van der Waals surface area (Å²) in [5.74, 6) is 3.14. The van der Waals surface area contributed by atoms with Gasteiger partial charge in [-0.15, -0.1) is 0 Å². The lowest BCUT2D eigenvalue weighted by atomic mass is 9.99. The van der Waals surface area contributed by atoms with E-state index in [-0.39, 0.29) is 0 Å². The molecule has 0 N–H and O–H groups in total. The Labute approximate surface area is 200 Å². The molecular weight excluding hydrogens is 424 g/mol. The Bertz CT molecular complexity index is 1330. The predicted molar refractivity (Wildman–Crippen MR) is 137 cm³/mol. The topological polar surface area (TPSA) is 47.2 Å². The molecule has 1 saturated heterocycles. The third-order valence-corrected chi connectivity index (χ3v) is 6.57. The Hall–Kier alpha value is -3.73. The molecule has 0 bridgehead atoms. The molecule has 0 aliphatic carbocycles. The van der Waals surface area contributed by atoms with E-state index in [4.69, 9.17) is 18.9 Å². The second kappa shape index (κ2) is 9.64. The number of ether oxygens (including phenoxy) is 2. The van der Waals surface area contributed by atoms with E-state index in [9.17, 15) is 0 Å². The van der Waals surface area contributed by atoms with Gasteiger partial charge >= 0.3 is 0 Å². The Balaban J connectivity index is 1.56. The summed E-state index contributed by atoms with van der Waals surface area (Å²) in [4.78, 5) is 7.47. The van der Waals surface area contributed by atoms with E-state index in [2.05, 4.69) is 36.1 Å². The van der Waals surface area contributed by atoms with Crippen LogP contribution in [0.25, 0.3) is 22.3 Å². The van der Waals surface area contributed by atoms with Crippen molar-refractivity contribution >= 4 is 22.3 Å². The SMILES string of the molecule is COc1ccc(-c2cc(=Nc3ccc(N4CCC(C)CC4)cc3)c3cc(OC)ccc3o2)cc1. The Morgan fingerprint density at radius 1 is 0.824 bits per heavy atom. The zero-order valence-electron chi connectivity index (χ0n) is 20.0. The van der Waals surface area contributed by atoms with Crippen molar-refractivity contribution < 1.29 is 13.9 Å². The molecule has 5 heteroatoms. The maximum absolute atomic E-state index is 6.24. The van der Waals surface area contributed by atoms with Crippen LogP contribution in [0.4, 0.5) is 11.4 Å². The lowest BCUT2D eigenvalue weighted by Crippen LogP contribution is -2.32. The van der Waals surface area contributed by atoms with Crippen molar-refractivity contribution in [1.82, 2.24) is 0 Å². The molecule has 5 rings (SSSR count). The van der Waals surface area contributed by atoms with Crippen molar-refractivity contribution in [3.63, 3.8) is 0 Å². The minimum Gasteiger partial charge on any atom is -0.497 e. The third-order valence-electron chi connectivity index (χ3n) is 6.57. The summed E-state index contributed by atoms with van der Waals surface area (Å²) in [6.07, 6.45) is 2.50. The second-order valence-electron chi connectivity index (χ2n) is 8.88. The number of hydrogen-bond acceptors (Lipinski definition) is 5. The van der Waals surface area contributed by atoms with Crippen LogP contribution < -0.4 is 19.7 Å². The van der Waals surface area contributed by atoms with Crippen LogP contribution >= 0.6 is 0 Å². The molecule has 3 aromatic carbocycles. The van der Waals surface area contributed by atoms with E-state index in [1.54, 1.807) is 14.2 Å². The highest BCUT2D eigenvalue weighted by atomic mass is 16.5. The number of nitrogens with zero attached hydrogens (tertiary/aromatic N) is 2. The molecule has 0 amide bonds. The number of benzene rings is 3. The minimum atomic E-state index is 0.748. The standard InChI is InChI=1S/C29H30N2O3/c1-20-14-16-31(17-15-20)23-8-6-22(7-9-23)30-27-19-29(21-4-10-24(32-2)11-5-21)34-28-13-12-25(33-3)18-26(27)28/h4-13,18-20H,14-17H2,1-3H3. The van der Waals surface area contributed by atoms with E-state index in [0.29, 0.717) is 0 Å². The number of anilines is 1. The first-order chi connectivity index (χ1) is 16.6. The summed E-state index contributed by atoms with van der Waals surface area (Å²) in [6.45, 7) is 4.58. The quantitative estimate of drug-likeness (QED) is 0.341. The van der Waals surface area contributed by atoms with Gasteiger partial charge in [0.15, 0.2) is 0 Å². The number of methoxy groups -OCH3 is 2. The summed E-state index contributed by atoms with van der Waals surface area (Å²) in [5, 5.41) is 1.75. The first-order valence-corrected chi connectivity index (χ1v) is 11.8. The molecule has 1 fully saturated rings. The minimum absolute atomic E-state index is 0.748. The average molecular weight is 455 g/mol. The van der Waals surface area contributed by atoms with Gasteiger partial charge in [-0.05, 0) is 85.5 Å². The Morgan fingerprint density at radius 2 is 1.50 bits per heavy atom. The maximum atomic E-state index is 6.24. The summed E-state index contributed by atoms with van der Waals surface area (Å²) in [5.41, 5.74) is 3.89. The molecular formula is C29H30N2O3. The zero-order valence-corrected chi connectivity index (χ0v) is 20.0. The first kappa shape index (κ1) is 22.1. The van der Waals surface area contributed by atoms with E-state index in [1.807, 2.05) is 48.5 Å². The number of piperidine rings is 1. The molecule has 1 aromatic heterocycles. The van der Waals surface area contributed by atoms with Crippen LogP contribution in [0.2, 0.25) is 0 Å². The van der Waals surface area contributed by atoms with Crippen LogP contribution in [-0.4, -0.2) is 27.3 Å². The summed E-state index contributed by atoms with van der Waals surface area (Å²) in [7, 11) is 3.33. The van der Waals surface area contributed by atoms with Gasteiger partial charge < -0.3 is 18.8 Å². The highest BCUT2D eigenvalue weighted by molar-refractivity contribution is 5.80.